The maximum atomic E-state index is 12.7. The Labute approximate surface area is 214 Å². The van der Waals surface area contributed by atoms with Crippen LogP contribution in [-0.2, 0) is 17.4 Å². The predicted molar refractivity (Wildman–Crippen MR) is 142 cm³/mol. The van der Waals surface area contributed by atoms with Crippen LogP contribution in [0.2, 0.25) is 0 Å². The third kappa shape index (κ3) is 7.08. The van der Waals surface area contributed by atoms with Gasteiger partial charge >= 0.3 is 5.91 Å². The molecule has 0 aliphatic carbocycles. The number of nitrogens with one attached hydrogen (secondary N) is 2. The molecule has 3 rings (SSSR count). The summed E-state index contributed by atoms with van der Waals surface area (Å²) < 4.78 is 25.7. The van der Waals surface area contributed by atoms with Gasteiger partial charge in [0.1, 0.15) is 11.7 Å². The molecule has 0 aliphatic rings. The summed E-state index contributed by atoms with van der Waals surface area (Å²) in [5, 5.41) is 11.0. The summed E-state index contributed by atoms with van der Waals surface area (Å²) in [5.41, 5.74) is 4.27. The van der Waals surface area contributed by atoms with Crippen molar-refractivity contribution in [2.24, 2.45) is 10.2 Å². The van der Waals surface area contributed by atoms with Crippen molar-refractivity contribution in [1.29, 1.82) is 0 Å². The van der Waals surface area contributed by atoms with E-state index in [4.69, 9.17) is 0 Å². The molecule has 0 saturated heterocycles. The highest BCUT2D eigenvalue weighted by molar-refractivity contribution is 14.1. The van der Waals surface area contributed by atoms with E-state index in [1.807, 2.05) is 31.2 Å². The summed E-state index contributed by atoms with van der Waals surface area (Å²) >= 11 is 4.40. The van der Waals surface area contributed by atoms with Crippen LogP contribution >= 0.6 is 45.2 Å². The molecule has 3 aromatic carbocycles. The fourth-order valence-electron chi connectivity index (χ4n) is 2.74. The monoisotopic (exact) mass is 674 g/mol. The van der Waals surface area contributed by atoms with E-state index in [-0.39, 0.29) is 6.54 Å². The van der Waals surface area contributed by atoms with Gasteiger partial charge in [-0.05, 0) is 112 Å². The molecule has 0 spiro atoms. The summed E-state index contributed by atoms with van der Waals surface area (Å²) in [6.07, 6.45) is 0. The van der Waals surface area contributed by atoms with Crippen LogP contribution in [0.25, 0.3) is 0 Å². The lowest BCUT2D eigenvalue weighted by Gasteiger charge is -2.12. The van der Waals surface area contributed by atoms with E-state index in [2.05, 4.69) is 76.4 Å². The van der Waals surface area contributed by atoms with Crippen LogP contribution in [0.3, 0.4) is 0 Å². The summed E-state index contributed by atoms with van der Waals surface area (Å²) in [4.78, 5) is 16.4. The summed E-state index contributed by atoms with van der Waals surface area (Å²) in [5.74, 6) is -0.503. The Balaban J connectivity index is 1.74. The average Bonchev–Trinajstić information content (AvgIpc) is 2.75. The number of carbonyl (C=O) groups is 1. The Morgan fingerprint density at radius 3 is 2.28 bits per heavy atom. The molecule has 0 radical (unpaired) electrons. The number of anilines is 3. The van der Waals surface area contributed by atoms with Crippen molar-refractivity contribution in [2.75, 3.05) is 10.0 Å². The van der Waals surface area contributed by atoms with E-state index in [1.54, 1.807) is 30.3 Å². The third-order valence-electron chi connectivity index (χ3n) is 4.30. The van der Waals surface area contributed by atoms with Crippen LogP contribution in [0.15, 0.2) is 70.9 Å². The van der Waals surface area contributed by atoms with Crippen molar-refractivity contribution in [3.8, 4) is 0 Å². The summed E-state index contributed by atoms with van der Waals surface area (Å²) in [6.45, 7) is 2.21. The highest BCUT2D eigenvalue weighted by Crippen LogP contribution is 2.26. The normalized spacial score (nSPS) is 10.4. The van der Waals surface area contributed by atoms with Crippen molar-refractivity contribution >= 4 is 79.0 Å². The number of thiol groups is 1. The van der Waals surface area contributed by atoms with Gasteiger partial charge in [0.05, 0.1) is 11.3 Å². The van der Waals surface area contributed by atoms with Gasteiger partial charge in [-0.2, -0.15) is 0 Å². The van der Waals surface area contributed by atoms with Crippen molar-refractivity contribution in [3.05, 3.63) is 84.5 Å². The highest BCUT2D eigenvalue weighted by atomic mass is 127. The van der Waals surface area contributed by atoms with Crippen LogP contribution < -0.4 is 15.0 Å². The average molecular weight is 674 g/mol. The van der Waals surface area contributed by atoms with Crippen LogP contribution in [0, 0.1) is 14.1 Å². The lowest BCUT2D eigenvalue weighted by atomic mass is 10.1. The van der Waals surface area contributed by atoms with Gasteiger partial charge in [-0.3, -0.25) is 9.52 Å². The van der Waals surface area contributed by atoms with Gasteiger partial charge in [-0.25, -0.2) is 8.42 Å². The zero-order valence-corrected chi connectivity index (χ0v) is 22.0. The molecule has 3 aromatic rings. The molecule has 0 aliphatic heterocycles. The number of nitrogens with zero attached hydrogens (tertiary/aromatic N) is 3. The number of hydrogen-bond acceptors (Lipinski definition) is 5. The minimum absolute atomic E-state index is 0.208. The maximum Gasteiger partial charge on any atom is 0.362 e. The van der Waals surface area contributed by atoms with E-state index in [0.29, 0.717) is 16.9 Å². The van der Waals surface area contributed by atoms with Gasteiger partial charge in [0.2, 0.25) is 20.9 Å². The standard InChI is InChI=1S/C21H17I2N5O3S/c1-13-10-15(22)4-8-19(13)25-20-9-5-16(23)11-18(20)21(29)26-28-24-12-14-2-6-17(7-3-14)27-32(30)31/h2-11,32H,12H2,1H3,(H-,25,27,29,30,31)/p+1. The third-order valence-corrected chi connectivity index (χ3v) is 6.08. The lowest BCUT2D eigenvalue weighted by molar-refractivity contribution is 0.0993. The molecule has 11 heteroatoms. The molecule has 8 nitrogen and oxygen atoms in total. The van der Waals surface area contributed by atoms with E-state index in [0.717, 1.165) is 24.0 Å². The molecule has 0 saturated carbocycles. The number of carbonyl (C=O) groups excluding carboxylic acids is 1. The number of aryl methyl sites for hydroxylation is 1. The largest absolute Gasteiger partial charge is 0.362 e. The second-order valence-electron chi connectivity index (χ2n) is 6.63. The summed E-state index contributed by atoms with van der Waals surface area (Å²) in [7, 11) is -2.71. The first kappa shape index (κ1) is 24.3. The number of amides is 1. The molecular formula is C21H18I2N5O3S+. The van der Waals surface area contributed by atoms with Crippen LogP contribution in [0.4, 0.5) is 17.1 Å². The second-order valence-corrected chi connectivity index (χ2v) is 9.86. The Morgan fingerprint density at radius 1 is 0.969 bits per heavy atom. The van der Waals surface area contributed by atoms with E-state index >= 15 is 0 Å². The van der Waals surface area contributed by atoms with Gasteiger partial charge in [0.15, 0.2) is 0 Å². The van der Waals surface area contributed by atoms with Gasteiger partial charge in [-0.1, -0.05) is 12.1 Å². The first-order valence-corrected chi connectivity index (χ1v) is 12.6. The molecule has 0 atom stereocenters. The van der Waals surface area contributed by atoms with Gasteiger partial charge in [0.25, 0.3) is 0 Å². The van der Waals surface area contributed by atoms with Crippen molar-refractivity contribution < 1.29 is 13.2 Å². The predicted octanol–water partition coefficient (Wildman–Crippen LogP) is 5.20. The van der Waals surface area contributed by atoms with E-state index in [1.165, 1.54) is 0 Å². The van der Waals surface area contributed by atoms with Gasteiger partial charge in [0, 0.05) is 18.5 Å². The Hall–Kier alpha value is -2.35. The molecule has 0 unspecified atom stereocenters. The second kappa shape index (κ2) is 11.5. The molecule has 164 valence electrons. The molecular weight excluding hydrogens is 656 g/mol. The van der Waals surface area contributed by atoms with Gasteiger partial charge in [-0.15, -0.1) is 0 Å². The fraction of sp³-hybridized carbons (Fsp3) is 0.0952. The smallest absolute Gasteiger partial charge is 0.355 e. The van der Waals surface area contributed by atoms with Crippen molar-refractivity contribution in [2.45, 2.75) is 13.5 Å². The summed E-state index contributed by atoms with van der Waals surface area (Å²) in [6, 6.07) is 18.2. The molecule has 0 fully saturated rings. The number of rotatable bonds is 7. The van der Waals surface area contributed by atoms with E-state index < -0.39 is 16.8 Å². The first-order chi connectivity index (χ1) is 15.3. The highest BCUT2D eigenvalue weighted by Gasteiger charge is 2.16. The zero-order chi connectivity index (χ0) is 23.1. The molecule has 2 N–H and O–H groups in total. The van der Waals surface area contributed by atoms with Crippen LogP contribution in [0.1, 0.15) is 21.5 Å². The van der Waals surface area contributed by atoms with Crippen LogP contribution in [0.5, 0.6) is 0 Å². The molecule has 1 amide bonds. The molecule has 0 aromatic heterocycles. The Bertz CT molecular complexity index is 1280. The number of benzene rings is 3. The minimum atomic E-state index is -2.71. The SMILES string of the molecule is Cc1cc(I)ccc1Nc1ccc(I)cc1C(=O)N=[N+]=NCc1ccc(N[SH](=O)=O)cc1. The Morgan fingerprint density at radius 2 is 1.62 bits per heavy atom. The molecule has 0 heterocycles. The number of hydrogen-bond donors (Lipinski definition) is 3. The Kier molecular flexibility index (Phi) is 8.73. The maximum absolute atomic E-state index is 12.7. The van der Waals surface area contributed by atoms with Crippen molar-refractivity contribution in [1.82, 2.24) is 4.91 Å². The topological polar surface area (TPSA) is 114 Å². The zero-order valence-electron chi connectivity index (χ0n) is 16.8. The van der Waals surface area contributed by atoms with E-state index in [9.17, 15) is 13.2 Å². The molecule has 32 heavy (non-hydrogen) atoms. The lowest BCUT2D eigenvalue weighted by Crippen LogP contribution is -2.03. The minimum Gasteiger partial charge on any atom is -0.355 e. The van der Waals surface area contributed by atoms with Gasteiger partial charge < -0.3 is 5.32 Å². The number of halogens is 2. The first-order valence-electron chi connectivity index (χ1n) is 9.26. The molecule has 0 bridgehead atoms. The van der Waals surface area contributed by atoms with Crippen LogP contribution in [-0.4, -0.2) is 14.3 Å². The van der Waals surface area contributed by atoms with Crippen molar-refractivity contribution in [3.63, 3.8) is 0 Å². The fourth-order valence-corrected chi connectivity index (χ4v) is 4.24. The quantitative estimate of drug-likeness (QED) is 0.139.